The van der Waals surface area contributed by atoms with Gasteiger partial charge in [0.1, 0.15) is 17.5 Å². The topological polar surface area (TPSA) is 47.4 Å². The predicted octanol–water partition coefficient (Wildman–Crippen LogP) is 2.41. The summed E-state index contributed by atoms with van der Waals surface area (Å²) >= 11 is 0. The number of hydrogen-bond acceptors (Lipinski definition) is 3. The van der Waals surface area contributed by atoms with Crippen molar-refractivity contribution >= 4 is 5.91 Å². The Morgan fingerprint density at radius 3 is 2.73 bits per heavy atom. The molecule has 0 saturated carbocycles. The van der Waals surface area contributed by atoms with Gasteiger partial charge in [-0.25, -0.2) is 4.98 Å². The van der Waals surface area contributed by atoms with Gasteiger partial charge in [-0.05, 0) is 24.6 Å². The van der Waals surface area contributed by atoms with E-state index in [1.165, 1.54) is 5.56 Å². The monoisotopic (exact) mass is 299 g/mol. The molecule has 5 heteroatoms. The first-order chi connectivity index (χ1) is 10.6. The van der Waals surface area contributed by atoms with Gasteiger partial charge in [0.15, 0.2) is 0 Å². The summed E-state index contributed by atoms with van der Waals surface area (Å²) in [5.41, 5.74) is 1.71. The number of ether oxygens (including phenoxy) is 1. The minimum Gasteiger partial charge on any atom is -0.490 e. The number of piperidine rings is 1. The van der Waals surface area contributed by atoms with E-state index < -0.39 is 0 Å². The first-order valence-corrected chi connectivity index (χ1v) is 7.62. The fourth-order valence-corrected chi connectivity index (χ4v) is 2.74. The molecule has 1 aromatic carbocycles. The minimum absolute atomic E-state index is 0.00889. The van der Waals surface area contributed by atoms with E-state index in [-0.39, 0.29) is 12.0 Å². The van der Waals surface area contributed by atoms with Crippen molar-refractivity contribution in [2.45, 2.75) is 25.9 Å². The number of hydrogen-bond donors (Lipinski definition) is 0. The lowest BCUT2D eigenvalue weighted by Crippen LogP contribution is -2.41. The largest absolute Gasteiger partial charge is 0.490 e. The Morgan fingerprint density at radius 1 is 1.32 bits per heavy atom. The fraction of sp³-hybridized carbons (Fsp3) is 0.412. The van der Waals surface area contributed by atoms with E-state index in [0.29, 0.717) is 18.8 Å². The molecule has 0 unspecified atom stereocenters. The molecular formula is C17H21N3O2. The fourth-order valence-electron chi connectivity index (χ4n) is 2.74. The summed E-state index contributed by atoms with van der Waals surface area (Å²) in [6.07, 6.45) is 5.30. The molecule has 116 valence electrons. The first-order valence-electron chi connectivity index (χ1n) is 7.62. The van der Waals surface area contributed by atoms with Gasteiger partial charge in [0.2, 0.25) is 0 Å². The van der Waals surface area contributed by atoms with Crippen molar-refractivity contribution in [2.24, 2.45) is 7.05 Å². The third-order valence-electron chi connectivity index (χ3n) is 3.95. The Labute approximate surface area is 130 Å². The third-order valence-corrected chi connectivity index (χ3v) is 3.95. The third kappa shape index (κ3) is 3.30. The van der Waals surface area contributed by atoms with Crippen LogP contribution in [0.2, 0.25) is 0 Å². The summed E-state index contributed by atoms with van der Waals surface area (Å²) in [7, 11) is 1.87. The van der Waals surface area contributed by atoms with Crippen molar-refractivity contribution in [1.82, 2.24) is 14.5 Å². The molecule has 22 heavy (non-hydrogen) atoms. The SMILES string of the molecule is Cc1cccc(OC2CCN(C(=O)c3cn(C)cn3)CC2)c1. The van der Waals surface area contributed by atoms with E-state index in [4.69, 9.17) is 4.74 Å². The number of imidazole rings is 1. The maximum atomic E-state index is 12.3. The second-order valence-electron chi connectivity index (χ2n) is 5.85. The lowest BCUT2D eigenvalue weighted by atomic mass is 10.1. The van der Waals surface area contributed by atoms with Crippen LogP contribution in [-0.2, 0) is 7.05 Å². The molecule has 1 amide bonds. The molecule has 1 aromatic heterocycles. The van der Waals surface area contributed by atoms with E-state index in [1.807, 2.05) is 30.1 Å². The van der Waals surface area contributed by atoms with Crippen molar-refractivity contribution < 1.29 is 9.53 Å². The smallest absolute Gasteiger partial charge is 0.274 e. The van der Waals surface area contributed by atoms with Gasteiger partial charge >= 0.3 is 0 Å². The molecule has 0 N–H and O–H groups in total. The van der Waals surface area contributed by atoms with Crippen LogP contribution in [0.25, 0.3) is 0 Å². The highest BCUT2D eigenvalue weighted by Crippen LogP contribution is 2.20. The van der Waals surface area contributed by atoms with Crippen LogP contribution in [0.5, 0.6) is 5.75 Å². The van der Waals surface area contributed by atoms with Crippen LogP contribution < -0.4 is 4.74 Å². The Kier molecular flexibility index (Phi) is 4.13. The molecule has 0 aliphatic carbocycles. The van der Waals surface area contributed by atoms with E-state index in [2.05, 4.69) is 18.0 Å². The molecule has 1 aliphatic rings. The zero-order valence-corrected chi connectivity index (χ0v) is 13.0. The van der Waals surface area contributed by atoms with Gasteiger partial charge in [0.05, 0.1) is 6.33 Å². The molecule has 0 radical (unpaired) electrons. The number of carbonyl (C=O) groups excluding carboxylic acids is 1. The van der Waals surface area contributed by atoms with E-state index in [9.17, 15) is 4.79 Å². The summed E-state index contributed by atoms with van der Waals surface area (Å²) < 4.78 is 7.81. The Balaban J connectivity index is 1.55. The highest BCUT2D eigenvalue weighted by molar-refractivity contribution is 5.92. The van der Waals surface area contributed by atoms with Crippen LogP contribution in [0, 0.1) is 6.92 Å². The van der Waals surface area contributed by atoms with Crippen molar-refractivity contribution in [3.05, 3.63) is 48.0 Å². The Hall–Kier alpha value is -2.30. The van der Waals surface area contributed by atoms with Crippen LogP contribution in [0.4, 0.5) is 0 Å². The number of nitrogens with zero attached hydrogens (tertiary/aromatic N) is 3. The lowest BCUT2D eigenvalue weighted by Gasteiger charge is -2.31. The van der Waals surface area contributed by atoms with Crippen LogP contribution >= 0.6 is 0 Å². The molecule has 1 saturated heterocycles. The number of aromatic nitrogens is 2. The summed E-state index contributed by atoms with van der Waals surface area (Å²) in [5, 5.41) is 0. The molecule has 5 nitrogen and oxygen atoms in total. The Morgan fingerprint density at radius 2 is 2.09 bits per heavy atom. The molecule has 3 rings (SSSR count). The molecule has 1 fully saturated rings. The number of benzene rings is 1. The van der Waals surface area contributed by atoms with E-state index in [1.54, 1.807) is 17.1 Å². The van der Waals surface area contributed by atoms with Crippen LogP contribution in [0.1, 0.15) is 28.9 Å². The van der Waals surface area contributed by atoms with Gasteiger partial charge in [0, 0.05) is 39.2 Å². The van der Waals surface area contributed by atoms with Gasteiger partial charge in [0.25, 0.3) is 5.91 Å². The molecule has 2 aromatic rings. The van der Waals surface area contributed by atoms with E-state index >= 15 is 0 Å². The first kappa shape index (κ1) is 14.6. The Bertz CT molecular complexity index is 657. The maximum Gasteiger partial charge on any atom is 0.274 e. The summed E-state index contributed by atoms with van der Waals surface area (Å²) in [6.45, 7) is 3.48. The average molecular weight is 299 g/mol. The van der Waals surface area contributed by atoms with Crippen LogP contribution in [0.15, 0.2) is 36.8 Å². The summed E-state index contributed by atoms with van der Waals surface area (Å²) in [6, 6.07) is 8.09. The van der Waals surface area contributed by atoms with Crippen molar-refractivity contribution in [3.8, 4) is 5.75 Å². The summed E-state index contributed by atoms with van der Waals surface area (Å²) in [5.74, 6) is 0.920. The molecule has 0 bridgehead atoms. The quantitative estimate of drug-likeness (QED) is 0.874. The maximum absolute atomic E-state index is 12.3. The standard InChI is InChI=1S/C17H21N3O2/c1-13-4-3-5-15(10-13)22-14-6-8-20(9-7-14)17(21)16-11-19(2)12-18-16/h3-5,10-12,14H,6-9H2,1-2H3. The molecule has 0 spiro atoms. The molecule has 2 heterocycles. The number of carbonyl (C=O) groups is 1. The average Bonchev–Trinajstić information content (AvgIpc) is 2.94. The highest BCUT2D eigenvalue weighted by Gasteiger charge is 2.25. The predicted molar refractivity (Wildman–Crippen MR) is 83.9 cm³/mol. The second kappa shape index (κ2) is 6.22. The van der Waals surface area contributed by atoms with Gasteiger partial charge in [-0.3, -0.25) is 4.79 Å². The van der Waals surface area contributed by atoms with Gasteiger partial charge in [-0.2, -0.15) is 0 Å². The minimum atomic E-state index is 0.00889. The van der Waals surface area contributed by atoms with E-state index in [0.717, 1.165) is 18.6 Å². The zero-order valence-electron chi connectivity index (χ0n) is 13.0. The lowest BCUT2D eigenvalue weighted by molar-refractivity contribution is 0.0590. The number of rotatable bonds is 3. The second-order valence-corrected chi connectivity index (χ2v) is 5.85. The van der Waals surface area contributed by atoms with Gasteiger partial charge in [-0.1, -0.05) is 12.1 Å². The number of amides is 1. The number of likely N-dealkylation sites (tertiary alicyclic amines) is 1. The normalized spacial score (nSPS) is 15.8. The van der Waals surface area contributed by atoms with Crippen LogP contribution in [0.3, 0.4) is 0 Å². The molecule has 0 atom stereocenters. The van der Waals surface area contributed by atoms with Crippen molar-refractivity contribution in [1.29, 1.82) is 0 Å². The molecule has 1 aliphatic heterocycles. The van der Waals surface area contributed by atoms with Gasteiger partial charge in [-0.15, -0.1) is 0 Å². The zero-order chi connectivity index (χ0) is 15.5. The molecular weight excluding hydrogens is 278 g/mol. The highest BCUT2D eigenvalue weighted by atomic mass is 16.5. The van der Waals surface area contributed by atoms with Gasteiger partial charge < -0.3 is 14.2 Å². The van der Waals surface area contributed by atoms with Crippen molar-refractivity contribution in [3.63, 3.8) is 0 Å². The van der Waals surface area contributed by atoms with Crippen LogP contribution in [-0.4, -0.2) is 39.6 Å². The summed E-state index contributed by atoms with van der Waals surface area (Å²) in [4.78, 5) is 18.3. The van der Waals surface area contributed by atoms with Crippen molar-refractivity contribution in [2.75, 3.05) is 13.1 Å². The number of aryl methyl sites for hydroxylation is 2.